The number of hydrogen-bond acceptors (Lipinski definition) is 11. The van der Waals surface area contributed by atoms with Crippen LogP contribution in [0.2, 0.25) is 0 Å². The molecule has 1 N–H and O–H groups in total. The zero-order valence-electron chi connectivity index (χ0n) is 24.9. The third kappa shape index (κ3) is 6.49. The molecule has 4 aromatic rings. The van der Waals surface area contributed by atoms with E-state index in [9.17, 15) is 13.6 Å². The maximum atomic E-state index is 14.0. The first-order chi connectivity index (χ1) is 21.1. The van der Waals surface area contributed by atoms with Gasteiger partial charge in [-0.05, 0) is 26.8 Å². The van der Waals surface area contributed by atoms with Gasteiger partial charge >= 0.3 is 6.09 Å². The fourth-order valence-electron chi connectivity index (χ4n) is 5.02. The minimum Gasteiger partial charge on any atom is -0.444 e. The Morgan fingerprint density at radius 1 is 1.05 bits per heavy atom. The van der Waals surface area contributed by atoms with E-state index < -0.39 is 12.0 Å². The Bertz CT molecular complexity index is 1590. The number of morpholine rings is 1. The van der Waals surface area contributed by atoms with Crippen LogP contribution in [0.15, 0.2) is 37.1 Å². The molecule has 0 atom stereocenters. The van der Waals surface area contributed by atoms with Crippen molar-refractivity contribution in [3.8, 4) is 5.69 Å². The molecule has 2 fully saturated rings. The number of piperazine rings is 1. The molecule has 0 spiro atoms. The quantitative estimate of drug-likeness (QED) is 0.331. The molecule has 234 valence electrons. The number of nitrogens with one attached hydrogen (secondary N) is 1. The van der Waals surface area contributed by atoms with E-state index in [0.717, 1.165) is 24.5 Å². The van der Waals surface area contributed by atoms with Gasteiger partial charge in [-0.25, -0.2) is 37.7 Å². The van der Waals surface area contributed by atoms with Gasteiger partial charge in [-0.2, -0.15) is 10.2 Å². The number of nitrogens with zero attached hydrogens (tertiary/aromatic N) is 10. The van der Waals surface area contributed by atoms with Crippen molar-refractivity contribution in [1.29, 1.82) is 0 Å². The predicted octanol–water partition coefficient (Wildman–Crippen LogP) is 3.15. The molecule has 14 nitrogen and oxygen atoms in total. The van der Waals surface area contributed by atoms with Crippen molar-refractivity contribution in [2.24, 2.45) is 0 Å². The Morgan fingerprint density at radius 3 is 2.45 bits per heavy atom. The predicted molar refractivity (Wildman–Crippen MR) is 157 cm³/mol. The molecule has 6 rings (SSSR count). The Labute approximate surface area is 252 Å². The fourth-order valence-corrected chi connectivity index (χ4v) is 5.02. The van der Waals surface area contributed by atoms with Crippen molar-refractivity contribution in [2.45, 2.75) is 39.3 Å². The molecule has 6 heterocycles. The normalized spacial score (nSPS) is 16.2. The molecule has 0 radical (unpaired) electrons. The van der Waals surface area contributed by atoms with Gasteiger partial charge < -0.3 is 29.5 Å². The lowest BCUT2D eigenvalue weighted by Gasteiger charge is -2.35. The van der Waals surface area contributed by atoms with Gasteiger partial charge in [0.05, 0.1) is 43.7 Å². The topological polar surface area (TPSA) is 131 Å². The number of ether oxygens (including phenoxy) is 2. The van der Waals surface area contributed by atoms with Crippen LogP contribution in [-0.2, 0) is 16.0 Å². The Kier molecular flexibility index (Phi) is 8.16. The smallest absolute Gasteiger partial charge is 0.410 e. The van der Waals surface area contributed by atoms with Crippen LogP contribution in [0.4, 0.5) is 31.0 Å². The number of rotatable bonds is 7. The van der Waals surface area contributed by atoms with Crippen molar-refractivity contribution >= 4 is 29.2 Å². The van der Waals surface area contributed by atoms with Crippen LogP contribution in [0.3, 0.4) is 0 Å². The van der Waals surface area contributed by atoms with Gasteiger partial charge in [0.25, 0.3) is 6.43 Å². The third-order valence-corrected chi connectivity index (χ3v) is 7.28. The Balaban J connectivity index is 1.12. The number of amides is 1. The van der Waals surface area contributed by atoms with Gasteiger partial charge in [-0.1, -0.05) is 0 Å². The maximum Gasteiger partial charge on any atom is 0.410 e. The molecular formula is C28H35F2N11O3. The second-order valence-electron chi connectivity index (χ2n) is 11.5. The summed E-state index contributed by atoms with van der Waals surface area (Å²) in [6.07, 6.45) is 4.94. The van der Waals surface area contributed by atoms with Gasteiger partial charge in [0.1, 0.15) is 17.1 Å². The van der Waals surface area contributed by atoms with Gasteiger partial charge in [-0.15, -0.1) is 0 Å². The average Bonchev–Trinajstić information content (AvgIpc) is 3.64. The van der Waals surface area contributed by atoms with Crippen LogP contribution in [0.25, 0.3) is 11.3 Å². The zero-order valence-corrected chi connectivity index (χ0v) is 24.9. The van der Waals surface area contributed by atoms with Crippen LogP contribution in [0.1, 0.15) is 38.5 Å². The number of carbonyl (C=O) groups is 1. The van der Waals surface area contributed by atoms with Gasteiger partial charge in [0.2, 0.25) is 5.95 Å². The van der Waals surface area contributed by atoms with E-state index in [1.807, 2.05) is 37.9 Å². The second-order valence-corrected chi connectivity index (χ2v) is 11.5. The van der Waals surface area contributed by atoms with Gasteiger partial charge in [0.15, 0.2) is 11.3 Å². The minimum atomic E-state index is -2.80. The summed E-state index contributed by atoms with van der Waals surface area (Å²) in [7, 11) is 0. The van der Waals surface area contributed by atoms with Crippen molar-refractivity contribution in [3.05, 3.63) is 48.3 Å². The second kappa shape index (κ2) is 12.2. The average molecular weight is 612 g/mol. The molecule has 0 aliphatic carbocycles. The van der Waals surface area contributed by atoms with Crippen LogP contribution < -0.4 is 15.1 Å². The minimum absolute atomic E-state index is 0.186. The Morgan fingerprint density at radius 2 is 1.77 bits per heavy atom. The number of aromatic nitrogens is 7. The highest BCUT2D eigenvalue weighted by Crippen LogP contribution is 2.28. The largest absolute Gasteiger partial charge is 0.444 e. The third-order valence-electron chi connectivity index (χ3n) is 7.28. The molecular weight excluding hydrogens is 576 g/mol. The first-order valence-corrected chi connectivity index (χ1v) is 14.5. The molecule has 0 unspecified atom stereocenters. The van der Waals surface area contributed by atoms with Crippen molar-refractivity contribution in [2.75, 3.05) is 67.6 Å². The summed E-state index contributed by atoms with van der Waals surface area (Å²) in [6.45, 7) is 10.5. The number of anilines is 3. The zero-order chi connectivity index (χ0) is 30.8. The molecule has 44 heavy (non-hydrogen) atoms. The van der Waals surface area contributed by atoms with Crippen LogP contribution in [-0.4, -0.2) is 103 Å². The number of fused-ring (bicyclic) bond motifs is 1. The van der Waals surface area contributed by atoms with E-state index in [1.165, 1.54) is 23.3 Å². The Hall–Kier alpha value is -4.60. The van der Waals surface area contributed by atoms with E-state index in [-0.39, 0.29) is 24.0 Å². The van der Waals surface area contributed by atoms with E-state index in [0.29, 0.717) is 56.7 Å². The van der Waals surface area contributed by atoms with Gasteiger partial charge in [-0.3, -0.25) is 0 Å². The number of carbonyl (C=O) groups excluding carboxylic acids is 1. The summed E-state index contributed by atoms with van der Waals surface area (Å²) >= 11 is 0. The maximum absolute atomic E-state index is 14.0. The molecule has 0 saturated carbocycles. The highest BCUT2D eigenvalue weighted by atomic mass is 19.3. The monoisotopic (exact) mass is 611 g/mol. The molecule has 16 heteroatoms. The van der Waals surface area contributed by atoms with E-state index in [1.54, 1.807) is 15.6 Å². The van der Waals surface area contributed by atoms with E-state index >= 15 is 0 Å². The van der Waals surface area contributed by atoms with Crippen molar-refractivity contribution < 1.29 is 23.0 Å². The highest BCUT2D eigenvalue weighted by molar-refractivity contribution is 5.68. The lowest BCUT2D eigenvalue weighted by molar-refractivity contribution is 0.0240. The summed E-state index contributed by atoms with van der Waals surface area (Å²) in [5.41, 5.74) is 1.08. The first-order valence-electron chi connectivity index (χ1n) is 14.5. The number of hydrogen-bond donors (Lipinski definition) is 1. The van der Waals surface area contributed by atoms with E-state index in [2.05, 4.69) is 30.4 Å². The van der Waals surface area contributed by atoms with Crippen molar-refractivity contribution in [1.82, 2.24) is 39.2 Å². The van der Waals surface area contributed by atoms with Crippen LogP contribution >= 0.6 is 0 Å². The summed E-state index contributed by atoms with van der Waals surface area (Å²) in [6, 6.07) is 1.90. The standard InChI is InChI=1S/C28H35F2N11O3/c1-28(2,3)44-27(42)39-8-6-38(7-9-39)26-32-16-20(17-33-26)41-18-21(23(36-41)24(29)30)31-14-19-15-34-40-5-4-22(35-25(19)40)37-10-12-43-13-11-37/h4-5,15-18,24,31H,6-14H2,1-3H3. The molecule has 2 saturated heterocycles. The molecule has 4 aromatic heterocycles. The summed E-state index contributed by atoms with van der Waals surface area (Å²) in [4.78, 5) is 31.8. The summed E-state index contributed by atoms with van der Waals surface area (Å²) < 4.78 is 41.9. The molecule has 1 amide bonds. The summed E-state index contributed by atoms with van der Waals surface area (Å²) in [5, 5.41) is 11.6. The van der Waals surface area contributed by atoms with Crippen LogP contribution in [0.5, 0.6) is 0 Å². The van der Waals surface area contributed by atoms with E-state index in [4.69, 9.17) is 14.5 Å². The highest BCUT2D eigenvalue weighted by Gasteiger charge is 2.27. The lowest BCUT2D eigenvalue weighted by atomic mass is 10.2. The molecule has 2 aliphatic heterocycles. The number of alkyl halides is 2. The van der Waals surface area contributed by atoms with Gasteiger partial charge in [0, 0.05) is 57.6 Å². The summed E-state index contributed by atoms with van der Waals surface area (Å²) in [5.74, 6) is 1.30. The van der Waals surface area contributed by atoms with Crippen molar-refractivity contribution in [3.63, 3.8) is 0 Å². The molecule has 0 aromatic carbocycles. The van der Waals surface area contributed by atoms with Crippen LogP contribution in [0, 0.1) is 0 Å². The SMILES string of the molecule is CC(C)(C)OC(=O)N1CCN(c2ncc(-n3cc(NCc4cnn5ccc(N6CCOCC6)nc45)c(C(F)F)n3)cn2)CC1. The first kappa shape index (κ1) is 29.5. The molecule has 2 aliphatic rings. The number of halogens is 2. The fraction of sp³-hybridized carbons (Fsp3) is 0.500. The lowest BCUT2D eigenvalue weighted by Crippen LogP contribution is -2.50. The molecule has 0 bridgehead atoms.